The third-order valence-electron chi connectivity index (χ3n) is 2.03. The molecule has 80 valence electrons. The lowest BCUT2D eigenvalue weighted by Gasteiger charge is -1.96. The molecule has 1 heterocycles. The van der Waals surface area contributed by atoms with Crippen LogP contribution in [0.15, 0.2) is 36.0 Å². The largest absolute Gasteiger partial charge is 0.478 e. The molecule has 0 aliphatic carbocycles. The molecule has 2 aromatic rings. The molecule has 0 bridgehead atoms. The Hall–Kier alpha value is -1.94. The number of carboxylic acid groups (broad SMARTS) is 1. The van der Waals surface area contributed by atoms with E-state index < -0.39 is 5.97 Å². The molecule has 0 amide bonds. The van der Waals surface area contributed by atoms with Gasteiger partial charge in [0.25, 0.3) is 0 Å². The van der Waals surface area contributed by atoms with Crippen LogP contribution in [-0.4, -0.2) is 16.1 Å². The van der Waals surface area contributed by atoms with Crippen LogP contribution in [0.4, 0.5) is 0 Å². The minimum Gasteiger partial charge on any atom is -0.478 e. The number of aromatic carboxylic acids is 1. The second-order valence-corrected chi connectivity index (χ2v) is 4.09. The first kappa shape index (κ1) is 10.6. The topological polar surface area (TPSA) is 50.2 Å². The first-order valence-corrected chi connectivity index (χ1v) is 5.53. The highest BCUT2D eigenvalue weighted by Gasteiger charge is 2.01. The fourth-order valence-corrected chi connectivity index (χ4v) is 1.77. The van der Waals surface area contributed by atoms with E-state index in [1.54, 1.807) is 29.9 Å². The molecule has 2 rings (SSSR count). The van der Waals surface area contributed by atoms with Gasteiger partial charge in [0.05, 0.1) is 11.1 Å². The molecule has 0 unspecified atom stereocenters. The zero-order chi connectivity index (χ0) is 11.4. The average molecular weight is 231 g/mol. The van der Waals surface area contributed by atoms with Crippen LogP contribution < -0.4 is 0 Å². The van der Waals surface area contributed by atoms with E-state index in [1.165, 1.54) is 11.3 Å². The van der Waals surface area contributed by atoms with Crippen LogP contribution in [0, 0.1) is 0 Å². The van der Waals surface area contributed by atoms with Crippen molar-refractivity contribution in [3.63, 3.8) is 0 Å². The van der Waals surface area contributed by atoms with E-state index in [2.05, 4.69) is 4.98 Å². The van der Waals surface area contributed by atoms with Crippen molar-refractivity contribution in [3.8, 4) is 0 Å². The molecule has 0 radical (unpaired) electrons. The van der Waals surface area contributed by atoms with Crippen molar-refractivity contribution in [2.75, 3.05) is 0 Å². The quantitative estimate of drug-likeness (QED) is 0.883. The fourth-order valence-electron chi connectivity index (χ4n) is 1.26. The van der Waals surface area contributed by atoms with Crippen molar-refractivity contribution in [2.45, 2.75) is 0 Å². The number of hydrogen-bond donors (Lipinski definition) is 1. The van der Waals surface area contributed by atoms with Crippen LogP contribution in [0.1, 0.15) is 20.8 Å². The van der Waals surface area contributed by atoms with Gasteiger partial charge in [0.1, 0.15) is 0 Å². The van der Waals surface area contributed by atoms with Crippen LogP contribution in [0.25, 0.3) is 12.2 Å². The normalized spacial score (nSPS) is 10.8. The van der Waals surface area contributed by atoms with Gasteiger partial charge >= 0.3 is 5.97 Å². The van der Waals surface area contributed by atoms with E-state index in [-0.39, 0.29) is 0 Å². The summed E-state index contributed by atoms with van der Waals surface area (Å²) in [7, 11) is 0. The molecule has 0 saturated carbocycles. The summed E-state index contributed by atoms with van der Waals surface area (Å²) in [5.74, 6) is -0.909. The lowest BCUT2D eigenvalue weighted by Crippen LogP contribution is -1.95. The predicted molar refractivity (Wildman–Crippen MR) is 64.4 cm³/mol. The molecule has 0 aliphatic rings. The summed E-state index contributed by atoms with van der Waals surface area (Å²) in [6, 6.07) is 6.81. The van der Waals surface area contributed by atoms with Gasteiger partial charge in [0.15, 0.2) is 0 Å². The average Bonchev–Trinajstić information content (AvgIpc) is 2.79. The second kappa shape index (κ2) is 4.72. The third-order valence-corrected chi connectivity index (χ3v) is 2.77. The Balaban J connectivity index is 2.22. The first-order chi connectivity index (χ1) is 7.75. The van der Waals surface area contributed by atoms with Crippen LogP contribution >= 0.6 is 11.3 Å². The van der Waals surface area contributed by atoms with Gasteiger partial charge in [0, 0.05) is 11.1 Å². The Bertz CT molecular complexity index is 518. The van der Waals surface area contributed by atoms with E-state index in [1.807, 2.05) is 18.2 Å². The Morgan fingerprint density at radius 2 is 2.25 bits per heavy atom. The molecular weight excluding hydrogens is 222 g/mol. The van der Waals surface area contributed by atoms with E-state index in [4.69, 9.17) is 5.11 Å². The third kappa shape index (κ3) is 2.55. The van der Waals surface area contributed by atoms with Crippen molar-refractivity contribution in [3.05, 3.63) is 52.0 Å². The summed E-state index contributed by atoms with van der Waals surface area (Å²) in [5, 5.41) is 8.83. The number of aromatic nitrogens is 1. The maximum absolute atomic E-state index is 10.8. The number of rotatable bonds is 3. The Kier molecular flexibility index (Phi) is 3.12. The molecule has 0 fully saturated rings. The molecule has 1 aromatic heterocycles. The SMILES string of the molecule is O=C(O)c1cccc(/C=C/c2cncs2)c1. The van der Waals surface area contributed by atoms with Gasteiger partial charge in [-0.2, -0.15) is 0 Å². The van der Waals surface area contributed by atoms with Crippen LogP contribution in [0.3, 0.4) is 0 Å². The highest BCUT2D eigenvalue weighted by Crippen LogP contribution is 2.12. The molecule has 1 aromatic carbocycles. The van der Waals surface area contributed by atoms with Gasteiger partial charge in [0.2, 0.25) is 0 Å². The number of carbonyl (C=O) groups is 1. The molecule has 0 saturated heterocycles. The lowest BCUT2D eigenvalue weighted by atomic mass is 10.1. The molecule has 0 aliphatic heterocycles. The summed E-state index contributed by atoms with van der Waals surface area (Å²) in [6.07, 6.45) is 5.56. The monoisotopic (exact) mass is 231 g/mol. The Morgan fingerprint density at radius 3 is 2.94 bits per heavy atom. The number of carboxylic acids is 1. The number of benzene rings is 1. The Labute approximate surface area is 96.7 Å². The number of hydrogen-bond acceptors (Lipinski definition) is 3. The van der Waals surface area contributed by atoms with Crippen molar-refractivity contribution < 1.29 is 9.90 Å². The highest BCUT2D eigenvalue weighted by molar-refractivity contribution is 7.10. The van der Waals surface area contributed by atoms with Crippen LogP contribution in [0.2, 0.25) is 0 Å². The standard InChI is InChI=1S/C12H9NO2S/c14-12(15)10-3-1-2-9(6-10)4-5-11-7-13-8-16-11/h1-8H,(H,14,15)/b5-4+. The van der Waals surface area contributed by atoms with Crippen molar-refractivity contribution in [2.24, 2.45) is 0 Å². The smallest absolute Gasteiger partial charge is 0.335 e. The van der Waals surface area contributed by atoms with Crippen LogP contribution in [0.5, 0.6) is 0 Å². The van der Waals surface area contributed by atoms with Gasteiger partial charge in [-0.25, -0.2) is 4.79 Å². The van der Waals surface area contributed by atoms with Gasteiger partial charge in [-0.05, 0) is 23.8 Å². The summed E-state index contributed by atoms with van der Waals surface area (Å²) in [4.78, 5) is 15.7. The summed E-state index contributed by atoms with van der Waals surface area (Å²) in [6.45, 7) is 0. The fraction of sp³-hybridized carbons (Fsp3) is 0. The number of nitrogens with zero attached hydrogens (tertiary/aromatic N) is 1. The maximum Gasteiger partial charge on any atom is 0.335 e. The van der Waals surface area contributed by atoms with E-state index in [0.717, 1.165) is 10.4 Å². The van der Waals surface area contributed by atoms with Gasteiger partial charge < -0.3 is 5.11 Å². The first-order valence-electron chi connectivity index (χ1n) is 4.65. The summed E-state index contributed by atoms with van der Waals surface area (Å²) in [5.41, 5.74) is 2.92. The molecule has 1 N–H and O–H groups in total. The summed E-state index contributed by atoms with van der Waals surface area (Å²) >= 11 is 1.54. The minimum absolute atomic E-state index is 0.298. The van der Waals surface area contributed by atoms with E-state index in [0.29, 0.717) is 5.56 Å². The van der Waals surface area contributed by atoms with E-state index in [9.17, 15) is 4.79 Å². The predicted octanol–water partition coefficient (Wildman–Crippen LogP) is 3.01. The van der Waals surface area contributed by atoms with Crippen molar-refractivity contribution in [1.82, 2.24) is 4.98 Å². The highest BCUT2D eigenvalue weighted by atomic mass is 32.1. The van der Waals surface area contributed by atoms with E-state index >= 15 is 0 Å². The molecule has 0 atom stereocenters. The minimum atomic E-state index is -0.909. The molecule has 16 heavy (non-hydrogen) atoms. The Morgan fingerprint density at radius 1 is 1.38 bits per heavy atom. The zero-order valence-corrected chi connectivity index (χ0v) is 9.15. The van der Waals surface area contributed by atoms with Crippen molar-refractivity contribution in [1.29, 1.82) is 0 Å². The zero-order valence-electron chi connectivity index (χ0n) is 8.33. The lowest BCUT2D eigenvalue weighted by molar-refractivity contribution is 0.0697. The summed E-state index contributed by atoms with van der Waals surface area (Å²) < 4.78 is 0. The molecule has 3 nitrogen and oxygen atoms in total. The molecular formula is C12H9NO2S. The maximum atomic E-state index is 10.8. The number of thiazole rings is 1. The van der Waals surface area contributed by atoms with Crippen LogP contribution in [-0.2, 0) is 0 Å². The van der Waals surface area contributed by atoms with Crippen molar-refractivity contribution >= 4 is 29.5 Å². The second-order valence-electron chi connectivity index (χ2n) is 3.17. The van der Waals surface area contributed by atoms with Gasteiger partial charge in [-0.1, -0.05) is 18.2 Å². The van der Waals surface area contributed by atoms with Gasteiger partial charge in [-0.15, -0.1) is 11.3 Å². The molecule has 4 heteroatoms. The van der Waals surface area contributed by atoms with Gasteiger partial charge in [-0.3, -0.25) is 4.98 Å². The molecule has 0 spiro atoms.